The van der Waals surface area contributed by atoms with E-state index >= 15 is 0 Å². The van der Waals surface area contributed by atoms with Crippen LogP contribution in [0.4, 0.5) is 11.8 Å². The standard InChI is InChI=1S/C13H14N4/c1-3-9-17-11(10-7-5-4-6-8-10)12(14)16-13(17)15-2/h3-9H,2,14H2,1H3/b9-3-. The Bertz CT molecular complexity index is 552. The molecule has 0 bridgehead atoms. The average molecular weight is 226 g/mol. The number of aliphatic imine (C=N–C) groups is 1. The molecule has 0 fully saturated rings. The predicted molar refractivity (Wildman–Crippen MR) is 72.3 cm³/mol. The third-order valence-corrected chi connectivity index (χ3v) is 2.41. The van der Waals surface area contributed by atoms with Crippen molar-refractivity contribution in [1.29, 1.82) is 0 Å². The average Bonchev–Trinajstić information content (AvgIpc) is 2.67. The first kappa shape index (κ1) is 11.1. The number of benzene rings is 1. The molecular formula is C13H14N4. The Morgan fingerprint density at radius 1 is 1.35 bits per heavy atom. The van der Waals surface area contributed by atoms with E-state index in [9.17, 15) is 0 Å². The Kier molecular flexibility index (Phi) is 3.05. The van der Waals surface area contributed by atoms with Crippen molar-refractivity contribution in [3.05, 3.63) is 36.4 Å². The maximum atomic E-state index is 5.93. The van der Waals surface area contributed by atoms with Crippen LogP contribution in [0.3, 0.4) is 0 Å². The van der Waals surface area contributed by atoms with Gasteiger partial charge in [-0.1, -0.05) is 36.4 Å². The summed E-state index contributed by atoms with van der Waals surface area (Å²) < 4.78 is 1.83. The van der Waals surface area contributed by atoms with Gasteiger partial charge in [0.25, 0.3) is 0 Å². The van der Waals surface area contributed by atoms with E-state index in [4.69, 9.17) is 5.73 Å². The number of rotatable bonds is 3. The number of nitrogens with two attached hydrogens (primary N) is 1. The van der Waals surface area contributed by atoms with Crippen molar-refractivity contribution < 1.29 is 0 Å². The molecular weight excluding hydrogens is 212 g/mol. The Hall–Kier alpha value is -2.36. The molecule has 0 saturated heterocycles. The number of allylic oxidation sites excluding steroid dienone is 1. The summed E-state index contributed by atoms with van der Waals surface area (Å²) in [6.45, 7) is 5.43. The molecule has 86 valence electrons. The quantitative estimate of drug-likeness (QED) is 0.818. The fourth-order valence-corrected chi connectivity index (χ4v) is 1.72. The molecule has 1 aromatic carbocycles. The van der Waals surface area contributed by atoms with Crippen LogP contribution in [-0.2, 0) is 0 Å². The monoisotopic (exact) mass is 226 g/mol. The predicted octanol–water partition coefficient (Wildman–Crippen LogP) is 2.96. The smallest absolute Gasteiger partial charge is 0.235 e. The molecule has 2 N–H and O–H groups in total. The Morgan fingerprint density at radius 2 is 2.06 bits per heavy atom. The number of aromatic nitrogens is 2. The highest BCUT2D eigenvalue weighted by Gasteiger charge is 2.13. The summed E-state index contributed by atoms with van der Waals surface area (Å²) >= 11 is 0. The Morgan fingerprint density at radius 3 is 2.65 bits per heavy atom. The van der Waals surface area contributed by atoms with Crippen LogP contribution in [0.1, 0.15) is 6.92 Å². The van der Waals surface area contributed by atoms with Gasteiger partial charge in [0.05, 0.1) is 5.69 Å². The molecule has 0 amide bonds. The molecule has 1 heterocycles. The lowest BCUT2D eigenvalue weighted by molar-refractivity contribution is 1.12. The van der Waals surface area contributed by atoms with Gasteiger partial charge in [-0.05, 0) is 13.6 Å². The van der Waals surface area contributed by atoms with Gasteiger partial charge in [-0.15, -0.1) is 0 Å². The van der Waals surface area contributed by atoms with Crippen LogP contribution in [0.15, 0.2) is 41.4 Å². The normalized spacial score (nSPS) is 10.9. The van der Waals surface area contributed by atoms with Crippen LogP contribution in [0, 0.1) is 0 Å². The summed E-state index contributed by atoms with van der Waals surface area (Å²) in [7, 11) is 0. The van der Waals surface area contributed by atoms with E-state index < -0.39 is 0 Å². The molecule has 0 spiro atoms. The van der Waals surface area contributed by atoms with Crippen LogP contribution < -0.4 is 5.73 Å². The zero-order chi connectivity index (χ0) is 12.3. The van der Waals surface area contributed by atoms with Crippen molar-refractivity contribution in [2.45, 2.75) is 6.92 Å². The summed E-state index contributed by atoms with van der Waals surface area (Å²) in [6.07, 6.45) is 3.78. The van der Waals surface area contributed by atoms with Gasteiger partial charge in [0.15, 0.2) is 5.82 Å². The number of anilines is 1. The van der Waals surface area contributed by atoms with E-state index in [0.717, 1.165) is 11.3 Å². The topological polar surface area (TPSA) is 56.2 Å². The molecule has 1 aromatic heterocycles. The van der Waals surface area contributed by atoms with Gasteiger partial charge in [-0.25, -0.2) is 4.99 Å². The molecule has 2 aromatic rings. The van der Waals surface area contributed by atoms with Crippen molar-refractivity contribution >= 4 is 24.7 Å². The van der Waals surface area contributed by atoms with Gasteiger partial charge in [-0.3, -0.25) is 4.57 Å². The molecule has 0 aliphatic heterocycles. The molecule has 0 aliphatic rings. The van der Waals surface area contributed by atoms with Crippen LogP contribution in [0.2, 0.25) is 0 Å². The molecule has 0 saturated carbocycles. The molecule has 0 aliphatic carbocycles. The first-order chi connectivity index (χ1) is 8.27. The van der Waals surface area contributed by atoms with E-state index in [1.54, 1.807) is 0 Å². The van der Waals surface area contributed by atoms with Crippen LogP contribution in [0.5, 0.6) is 0 Å². The molecule has 4 nitrogen and oxygen atoms in total. The third-order valence-electron chi connectivity index (χ3n) is 2.41. The third kappa shape index (κ3) is 1.97. The first-order valence-electron chi connectivity index (χ1n) is 5.30. The Balaban J connectivity index is 2.68. The van der Waals surface area contributed by atoms with E-state index in [1.165, 1.54) is 0 Å². The lowest BCUT2D eigenvalue weighted by Crippen LogP contribution is -1.93. The summed E-state index contributed by atoms with van der Waals surface area (Å²) in [5.74, 6) is 0.955. The van der Waals surface area contributed by atoms with E-state index in [0.29, 0.717) is 11.8 Å². The van der Waals surface area contributed by atoms with Gasteiger partial charge in [0.2, 0.25) is 5.95 Å². The minimum absolute atomic E-state index is 0.455. The lowest BCUT2D eigenvalue weighted by Gasteiger charge is -2.05. The van der Waals surface area contributed by atoms with Crippen LogP contribution >= 0.6 is 0 Å². The van der Waals surface area contributed by atoms with Gasteiger partial charge >= 0.3 is 0 Å². The highest BCUT2D eigenvalue weighted by molar-refractivity contribution is 5.75. The van der Waals surface area contributed by atoms with Gasteiger partial charge in [0, 0.05) is 11.8 Å². The minimum Gasteiger partial charge on any atom is -0.382 e. The largest absolute Gasteiger partial charge is 0.382 e. The summed E-state index contributed by atoms with van der Waals surface area (Å²) in [6, 6.07) is 9.86. The van der Waals surface area contributed by atoms with Crippen molar-refractivity contribution in [3.63, 3.8) is 0 Å². The number of imidazole rings is 1. The zero-order valence-electron chi connectivity index (χ0n) is 9.67. The molecule has 2 rings (SSSR count). The maximum absolute atomic E-state index is 5.93. The summed E-state index contributed by atoms with van der Waals surface area (Å²) in [5.41, 5.74) is 7.77. The van der Waals surface area contributed by atoms with Gasteiger partial charge in [-0.2, -0.15) is 4.98 Å². The SMILES string of the molecule is C=Nc1nc(N)c(-c2ccccc2)n1/C=C\C. The number of hydrogen-bond donors (Lipinski definition) is 1. The van der Waals surface area contributed by atoms with Gasteiger partial charge in [0.1, 0.15) is 0 Å². The molecule has 17 heavy (non-hydrogen) atoms. The maximum Gasteiger partial charge on any atom is 0.235 e. The lowest BCUT2D eigenvalue weighted by atomic mass is 10.1. The fourth-order valence-electron chi connectivity index (χ4n) is 1.72. The van der Waals surface area contributed by atoms with E-state index in [2.05, 4.69) is 16.7 Å². The molecule has 0 radical (unpaired) electrons. The highest BCUT2D eigenvalue weighted by atomic mass is 15.2. The van der Waals surface area contributed by atoms with Crippen molar-refractivity contribution in [1.82, 2.24) is 9.55 Å². The minimum atomic E-state index is 0.455. The first-order valence-corrected chi connectivity index (χ1v) is 5.30. The van der Waals surface area contributed by atoms with Crippen molar-refractivity contribution in [2.24, 2.45) is 4.99 Å². The van der Waals surface area contributed by atoms with Crippen molar-refractivity contribution in [2.75, 3.05) is 5.73 Å². The Labute approximate surface area is 100 Å². The van der Waals surface area contributed by atoms with Crippen LogP contribution in [0.25, 0.3) is 17.5 Å². The van der Waals surface area contributed by atoms with Crippen molar-refractivity contribution in [3.8, 4) is 11.3 Å². The zero-order valence-corrected chi connectivity index (χ0v) is 9.67. The number of nitrogens with zero attached hydrogens (tertiary/aromatic N) is 3. The second-order valence-corrected chi connectivity index (χ2v) is 3.52. The highest BCUT2D eigenvalue weighted by Crippen LogP contribution is 2.30. The van der Waals surface area contributed by atoms with E-state index in [1.807, 2.05) is 54.1 Å². The summed E-state index contributed by atoms with van der Waals surface area (Å²) in [5, 5.41) is 0. The number of nitrogen functional groups attached to an aromatic ring is 1. The van der Waals surface area contributed by atoms with Crippen LogP contribution in [-0.4, -0.2) is 16.3 Å². The number of hydrogen-bond acceptors (Lipinski definition) is 3. The fraction of sp³-hybridized carbons (Fsp3) is 0.0769. The summed E-state index contributed by atoms with van der Waals surface area (Å²) in [4.78, 5) is 8.05. The second-order valence-electron chi connectivity index (χ2n) is 3.52. The molecule has 0 unspecified atom stereocenters. The second kappa shape index (κ2) is 4.65. The van der Waals surface area contributed by atoms with Gasteiger partial charge < -0.3 is 5.73 Å². The molecule has 4 heteroatoms. The molecule has 0 atom stereocenters. The van der Waals surface area contributed by atoms with E-state index in [-0.39, 0.29) is 0 Å².